The summed E-state index contributed by atoms with van der Waals surface area (Å²) >= 11 is 0. The molecule has 0 radical (unpaired) electrons. The van der Waals surface area contributed by atoms with Crippen LogP contribution in [0.5, 0.6) is 0 Å². The Morgan fingerprint density at radius 3 is 2.82 bits per heavy atom. The van der Waals surface area contributed by atoms with Crippen LogP contribution in [0.2, 0.25) is 0 Å². The molecule has 4 nitrogen and oxygen atoms in total. The van der Waals surface area contributed by atoms with Gasteiger partial charge in [-0.25, -0.2) is 8.78 Å². The van der Waals surface area contributed by atoms with Gasteiger partial charge in [0.1, 0.15) is 6.04 Å². The molecule has 0 saturated heterocycles. The van der Waals surface area contributed by atoms with Gasteiger partial charge in [-0.3, -0.25) is 4.79 Å². The van der Waals surface area contributed by atoms with E-state index in [1.54, 1.807) is 0 Å². The number of aromatic nitrogens is 1. The van der Waals surface area contributed by atoms with Gasteiger partial charge in [0, 0.05) is 18.0 Å². The second-order valence-corrected chi connectivity index (χ2v) is 3.75. The Morgan fingerprint density at radius 1 is 1.47 bits per heavy atom. The van der Waals surface area contributed by atoms with E-state index in [0.29, 0.717) is 10.9 Å². The number of aromatic amines is 1. The molecule has 1 heterocycles. The molecule has 0 spiro atoms. The van der Waals surface area contributed by atoms with Crippen molar-refractivity contribution >= 4 is 16.9 Å². The van der Waals surface area contributed by atoms with Gasteiger partial charge in [0.05, 0.1) is 5.52 Å². The first-order valence-corrected chi connectivity index (χ1v) is 4.93. The van der Waals surface area contributed by atoms with Crippen LogP contribution in [0.4, 0.5) is 8.78 Å². The minimum absolute atomic E-state index is 0.0255. The minimum atomic E-state index is -1.14. The lowest BCUT2D eigenvalue weighted by atomic mass is 10.1. The van der Waals surface area contributed by atoms with E-state index in [0.717, 1.165) is 6.07 Å². The largest absolute Gasteiger partial charge is 0.480 e. The van der Waals surface area contributed by atoms with E-state index in [2.05, 4.69) is 4.98 Å². The van der Waals surface area contributed by atoms with Crippen molar-refractivity contribution in [3.05, 3.63) is 35.5 Å². The molecule has 1 aromatic carbocycles. The zero-order valence-electron chi connectivity index (χ0n) is 8.71. The molecule has 0 amide bonds. The number of H-pyrrole nitrogens is 1. The summed E-state index contributed by atoms with van der Waals surface area (Å²) in [5.41, 5.74) is 5.96. The first-order valence-electron chi connectivity index (χ1n) is 4.93. The number of carbonyl (C=O) groups is 1. The van der Waals surface area contributed by atoms with Crippen LogP contribution in [-0.2, 0) is 11.2 Å². The van der Waals surface area contributed by atoms with Crippen LogP contribution >= 0.6 is 0 Å². The van der Waals surface area contributed by atoms with Crippen molar-refractivity contribution in [2.75, 3.05) is 0 Å². The van der Waals surface area contributed by atoms with Crippen molar-refractivity contribution in [1.82, 2.24) is 4.98 Å². The molecule has 2 rings (SSSR count). The van der Waals surface area contributed by atoms with Crippen molar-refractivity contribution in [3.8, 4) is 0 Å². The third-order valence-electron chi connectivity index (χ3n) is 2.59. The summed E-state index contributed by atoms with van der Waals surface area (Å²) in [6.45, 7) is 0. The van der Waals surface area contributed by atoms with Crippen LogP contribution in [-0.4, -0.2) is 22.1 Å². The molecule has 0 aliphatic rings. The highest BCUT2D eigenvalue weighted by atomic mass is 19.2. The molecule has 0 fully saturated rings. The van der Waals surface area contributed by atoms with Crippen LogP contribution in [0.1, 0.15) is 5.56 Å². The molecule has 2 aromatic rings. The lowest BCUT2D eigenvalue weighted by Crippen LogP contribution is -2.32. The first-order chi connectivity index (χ1) is 8.00. The topological polar surface area (TPSA) is 79.1 Å². The zero-order valence-corrected chi connectivity index (χ0v) is 8.71. The van der Waals surface area contributed by atoms with Crippen LogP contribution in [0.15, 0.2) is 18.3 Å². The van der Waals surface area contributed by atoms with Gasteiger partial charge >= 0.3 is 5.97 Å². The van der Waals surface area contributed by atoms with Crippen LogP contribution in [0.25, 0.3) is 10.9 Å². The number of halogens is 2. The van der Waals surface area contributed by atoms with E-state index in [1.807, 2.05) is 0 Å². The van der Waals surface area contributed by atoms with E-state index in [-0.39, 0.29) is 11.9 Å². The van der Waals surface area contributed by atoms with Crippen molar-refractivity contribution in [2.45, 2.75) is 12.5 Å². The van der Waals surface area contributed by atoms with Crippen LogP contribution < -0.4 is 5.73 Å². The van der Waals surface area contributed by atoms with Crippen molar-refractivity contribution < 1.29 is 18.7 Å². The lowest BCUT2D eigenvalue weighted by molar-refractivity contribution is -0.138. The quantitative estimate of drug-likeness (QED) is 0.758. The number of nitrogens with one attached hydrogen (secondary N) is 1. The molecule has 0 saturated carbocycles. The zero-order chi connectivity index (χ0) is 12.6. The van der Waals surface area contributed by atoms with Gasteiger partial charge < -0.3 is 15.8 Å². The van der Waals surface area contributed by atoms with E-state index in [4.69, 9.17) is 10.8 Å². The molecule has 0 bridgehead atoms. The maximum absolute atomic E-state index is 13.4. The number of benzene rings is 1. The van der Waals surface area contributed by atoms with Crippen molar-refractivity contribution in [2.24, 2.45) is 5.73 Å². The Kier molecular flexibility index (Phi) is 2.81. The van der Waals surface area contributed by atoms with Gasteiger partial charge in [-0.05, 0) is 17.7 Å². The van der Waals surface area contributed by atoms with E-state index in [9.17, 15) is 13.6 Å². The van der Waals surface area contributed by atoms with Crippen molar-refractivity contribution in [3.63, 3.8) is 0 Å². The average Bonchev–Trinajstić information content (AvgIpc) is 2.67. The second kappa shape index (κ2) is 4.14. The number of aliphatic carboxylic acids is 1. The molecular weight excluding hydrogens is 230 g/mol. The van der Waals surface area contributed by atoms with Crippen LogP contribution in [0.3, 0.4) is 0 Å². The predicted octanol–water partition coefficient (Wildman–Crippen LogP) is 1.40. The van der Waals surface area contributed by atoms with Gasteiger partial charge in [0.25, 0.3) is 0 Å². The Hall–Kier alpha value is -1.95. The Morgan fingerprint density at radius 2 is 2.18 bits per heavy atom. The van der Waals surface area contributed by atoms with Gasteiger partial charge in [-0.2, -0.15) is 0 Å². The third kappa shape index (κ3) is 1.99. The molecule has 0 aliphatic carbocycles. The maximum atomic E-state index is 13.4. The van der Waals surface area contributed by atoms with Gasteiger partial charge in [0.15, 0.2) is 11.6 Å². The van der Waals surface area contributed by atoms with E-state index >= 15 is 0 Å². The molecule has 6 heteroatoms. The number of hydrogen-bond acceptors (Lipinski definition) is 2. The lowest BCUT2D eigenvalue weighted by Gasteiger charge is -2.04. The SMILES string of the molecule is N[C@@H](Cc1c[nH]c2c(F)c(F)ccc12)C(=O)O. The number of carboxylic acids is 1. The van der Waals surface area contributed by atoms with Gasteiger partial charge in [-0.1, -0.05) is 0 Å². The molecule has 17 heavy (non-hydrogen) atoms. The molecule has 90 valence electrons. The standard InChI is InChI=1S/C11H10F2N2O2/c12-7-2-1-6-5(3-8(14)11(16)17)4-15-10(6)9(7)13/h1-2,4,8,15H,3,14H2,(H,16,17)/t8-/m0/s1. The fourth-order valence-corrected chi connectivity index (χ4v) is 1.69. The molecular formula is C11H10F2N2O2. The maximum Gasteiger partial charge on any atom is 0.320 e. The Bertz CT molecular complexity index is 580. The molecule has 1 atom stereocenters. The number of hydrogen-bond donors (Lipinski definition) is 3. The van der Waals surface area contributed by atoms with E-state index in [1.165, 1.54) is 12.3 Å². The molecule has 1 aromatic heterocycles. The highest BCUT2D eigenvalue weighted by Crippen LogP contribution is 2.23. The summed E-state index contributed by atoms with van der Waals surface area (Å²) in [5.74, 6) is -3.06. The normalized spacial score (nSPS) is 12.9. The molecule has 0 aliphatic heterocycles. The molecule has 4 N–H and O–H groups in total. The summed E-state index contributed by atoms with van der Waals surface area (Å²) in [6, 6.07) is 1.33. The number of nitrogens with two attached hydrogens (primary N) is 1. The average molecular weight is 240 g/mol. The smallest absolute Gasteiger partial charge is 0.320 e. The number of carboxylic acid groups (broad SMARTS) is 1. The second-order valence-electron chi connectivity index (χ2n) is 3.75. The van der Waals surface area contributed by atoms with Gasteiger partial charge in [0.2, 0.25) is 0 Å². The summed E-state index contributed by atoms with van der Waals surface area (Å²) in [4.78, 5) is 13.2. The number of fused-ring (bicyclic) bond motifs is 1. The van der Waals surface area contributed by atoms with Gasteiger partial charge in [-0.15, -0.1) is 0 Å². The summed E-state index contributed by atoms with van der Waals surface area (Å²) in [7, 11) is 0. The monoisotopic (exact) mass is 240 g/mol. The Balaban J connectivity index is 2.44. The fraction of sp³-hybridized carbons (Fsp3) is 0.182. The fourth-order valence-electron chi connectivity index (χ4n) is 1.69. The predicted molar refractivity (Wildman–Crippen MR) is 57.5 cm³/mol. The minimum Gasteiger partial charge on any atom is -0.480 e. The van der Waals surface area contributed by atoms with Crippen LogP contribution in [0, 0.1) is 11.6 Å². The first kappa shape index (κ1) is 11.5. The highest BCUT2D eigenvalue weighted by Gasteiger charge is 2.17. The Labute approximate surface area is 95.0 Å². The third-order valence-corrected chi connectivity index (χ3v) is 2.59. The highest BCUT2D eigenvalue weighted by molar-refractivity contribution is 5.85. The number of rotatable bonds is 3. The molecule has 0 unspecified atom stereocenters. The summed E-state index contributed by atoms with van der Waals surface area (Å²) in [6.07, 6.45) is 1.50. The summed E-state index contributed by atoms with van der Waals surface area (Å²) < 4.78 is 26.3. The summed E-state index contributed by atoms with van der Waals surface area (Å²) in [5, 5.41) is 9.13. The van der Waals surface area contributed by atoms with Crippen molar-refractivity contribution in [1.29, 1.82) is 0 Å². The van der Waals surface area contributed by atoms with E-state index < -0.39 is 23.6 Å².